The molecule has 0 saturated heterocycles. The van der Waals surface area contributed by atoms with E-state index in [1.807, 2.05) is 0 Å². The van der Waals surface area contributed by atoms with Crippen LogP contribution in [0.5, 0.6) is 11.5 Å². The number of hydrogen-bond donors (Lipinski definition) is 2. The maximum Gasteiger partial charge on any atom is 0.254 e. The molecule has 0 unspecified atom stereocenters. The zero-order chi connectivity index (χ0) is 23.0. The zero-order valence-electron chi connectivity index (χ0n) is 18.0. The molecule has 0 atom stereocenters. The van der Waals surface area contributed by atoms with Gasteiger partial charge in [0.1, 0.15) is 5.03 Å². The Labute approximate surface area is 200 Å². The largest absolute Gasteiger partial charge is 0.454 e. The van der Waals surface area contributed by atoms with Gasteiger partial charge in [0.05, 0.1) is 11.3 Å². The van der Waals surface area contributed by atoms with Crippen LogP contribution in [-0.4, -0.2) is 41.6 Å². The van der Waals surface area contributed by atoms with Gasteiger partial charge in [-0.05, 0) is 43.3 Å². The van der Waals surface area contributed by atoms with Crippen molar-refractivity contribution in [1.29, 1.82) is 0 Å². The first-order chi connectivity index (χ1) is 16.1. The third-order valence-corrected chi connectivity index (χ3v) is 6.71. The van der Waals surface area contributed by atoms with Crippen molar-refractivity contribution in [2.75, 3.05) is 30.2 Å². The number of thioether (sulfide) groups is 2. The standard InChI is InChI=1S/C24H23N3O4S2/c1-16-4-7-18(8-5-16)32-12-11-25-23(29)19-3-2-10-26-24(19)33-14-22(28)27-17-6-9-20-21(13-17)31-15-30-20/h2-10,13H,11-12,14-15H2,1H3,(H,25,29)(H,27,28). The molecule has 7 nitrogen and oxygen atoms in total. The van der Waals surface area contributed by atoms with Gasteiger partial charge in [-0.15, -0.1) is 11.8 Å². The molecule has 0 aliphatic carbocycles. The molecule has 4 rings (SSSR count). The van der Waals surface area contributed by atoms with Crippen molar-refractivity contribution in [3.63, 3.8) is 0 Å². The molecule has 0 radical (unpaired) electrons. The molecule has 2 aromatic carbocycles. The number of aryl methyl sites for hydroxylation is 1. The summed E-state index contributed by atoms with van der Waals surface area (Å²) in [7, 11) is 0. The van der Waals surface area contributed by atoms with Gasteiger partial charge in [0.15, 0.2) is 11.5 Å². The zero-order valence-corrected chi connectivity index (χ0v) is 19.6. The van der Waals surface area contributed by atoms with Crippen LogP contribution in [0.2, 0.25) is 0 Å². The molecule has 2 heterocycles. The Bertz CT molecular complexity index is 1140. The molecule has 2 amide bonds. The summed E-state index contributed by atoms with van der Waals surface area (Å²) in [4.78, 5) is 30.5. The molecular weight excluding hydrogens is 458 g/mol. The Morgan fingerprint density at radius 2 is 1.85 bits per heavy atom. The number of pyridine rings is 1. The van der Waals surface area contributed by atoms with Crippen molar-refractivity contribution in [3.8, 4) is 11.5 Å². The van der Waals surface area contributed by atoms with Crippen LogP contribution in [0.25, 0.3) is 0 Å². The van der Waals surface area contributed by atoms with E-state index in [-0.39, 0.29) is 24.4 Å². The Balaban J connectivity index is 1.26. The fraction of sp³-hybridized carbons (Fsp3) is 0.208. The topological polar surface area (TPSA) is 89.6 Å². The first-order valence-electron chi connectivity index (χ1n) is 10.3. The van der Waals surface area contributed by atoms with Crippen LogP contribution in [0.15, 0.2) is 70.7 Å². The molecular formula is C24H23N3O4S2. The molecule has 170 valence electrons. The Kier molecular flexibility index (Phi) is 7.74. The molecule has 0 fully saturated rings. The van der Waals surface area contributed by atoms with E-state index < -0.39 is 0 Å². The Morgan fingerprint density at radius 3 is 2.70 bits per heavy atom. The third kappa shape index (κ3) is 6.43. The maximum absolute atomic E-state index is 12.7. The number of amides is 2. The molecule has 0 bridgehead atoms. The van der Waals surface area contributed by atoms with Gasteiger partial charge in [-0.1, -0.05) is 29.5 Å². The van der Waals surface area contributed by atoms with Gasteiger partial charge in [0, 0.05) is 35.1 Å². The van der Waals surface area contributed by atoms with Crippen LogP contribution in [0, 0.1) is 6.92 Å². The number of ether oxygens (including phenoxy) is 2. The van der Waals surface area contributed by atoms with Crippen molar-refractivity contribution in [1.82, 2.24) is 10.3 Å². The highest BCUT2D eigenvalue weighted by Crippen LogP contribution is 2.34. The highest BCUT2D eigenvalue weighted by molar-refractivity contribution is 8.00. The second-order valence-electron chi connectivity index (χ2n) is 7.18. The second-order valence-corrected chi connectivity index (χ2v) is 9.31. The van der Waals surface area contributed by atoms with E-state index in [1.165, 1.54) is 22.2 Å². The molecule has 3 aromatic rings. The van der Waals surface area contributed by atoms with Gasteiger partial charge in [-0.25, -0.2) is 4.98 Å². The fourth-order valence-corrected chi connectivity index (χ4v) is 4.61. The van der Waals surface area contributed by atoms with E-state index in [9.17, 15) is 9.59 Å². The normalized spacial score (nSPS) is 11.8. The lowest BCUT2D eigenvalue weighted by molar-refractivity contribution is -0.113. The van der Waals surface area contributed by atoms with Crippen LogP contribution in [0.3, 0.4) is 0 Å². The van der Waals surface area contributed by atoms with Gasteiger partial charge in [-0.2, -0.15) is 0 Å². The molecule has 1 aliphatic rings. The lowest BCUT2D eigenvalue weighted by atomic mass is 10.2. The van der Waals surface area contributed by atoms with Crippen LogP contribution >= 0.6 is 23.5 Å². The predicted molar refractivity (Wildman–Crippen MR) is 130 cm³/mol. The monoisotopic (exact) mass is 481 g/mol. The van der Waals surface area contributed by atoms with Crippen LogP contribution in [0.4, 0.5) is 5.69 Å². The number of carbonyl (C=O) groups excluding carboxylic acids is 2. The average Bonchev–Trinajstić information content (AvgIpc) is 3.30. The van der Waals surface area contributed by atoms with Gasteiger partial charge in [0.25, 0.3) is 5.91 Å². The molecule has 1 aliphatic heterocycles. The summed E-state index contributed by atoms with van der Waals surface area (Å²) in [6.07, 6.45) is 1.61. The number of rotatable bonds is 9. The van der Waals surface area contributed by atoms with Crippen molar-refractivity contribution in [2.45, 2.75) is 16.8 Å². The van der Waals surface area contributed by atoms with E-state index in [1.54, 1.807) is 48.3 Å². The lowest BCUT2D eigenvalue weighted by Gasteiger charge is -2.10. The summed E-state index contributed by atoms with van der Waals surface area (Å²) in [5.74, 6) is 1.73. The van der Waals surface area contributed by atoms with Crippen LogP contribution in [-0.2, 0) is 4.79 Å². The number of hydrogen-bond acceptors (Lipinski definition) is 7. The summed E-state index contributed by atoms with van der Waals surface area (Å²) in [6, 6.07) is 17.0. The first-order valence-corrected chi connectivity index (χ1v) is 12.3. The van der Waals surface area contributed by atoms with E-state index in [4.69, 9.17) is 9.47 Å². The smallest absolute Gasteiger partial charge is 0.254 e. The van der Waals surface area contributed by atoms with Crippen molar-refractivity contribution in [2.24, 2.45) is 0 Å². The van der Waals surface area contributed by atoms with E-state index >= 15 is 0 Å². The van der Waals surface area contributed by atoms with Gasteiger partial charge >= 0.3 is 0 Å². The van der Waals surface area contributed by atoms with Crippen LogP contribution in [0.1, 0.15) is 15.9 Å². The highest BCUT2D eigenvalue weighted by Gasteiger charge is 2.16. The highest BCUT2D eigenvalue weighted by atomic mass is 32.2. The van der Waals surface area contributed by atoms with Crippen LogP contribution < -0.4 is 20.1 Å². The molecule has 0 saturated carbocycles. The lowest BCUT2D eigenvalue weighted by Crippen LogP contribution is -2.26. The van der Waals surface area contributed by atoms with Crippen molar-refractivity contribution < 1.29 is 19.1 Å². The summed E-state index contributed by atoms with van der Waals surface area (Å²) in [5, 5.41) is 6.27. The average molecular weight is 482 g/mol. The third-order valence-electron chi connectivity index (χ3n) is 4.69. The number of aromatic nitrogens is 1. The number of carbonyl (C=O) groups is 2. The molecule has 9 heteroatoms. The minimum atomic E-state index is -0.203. The predicted octanol–water partition coefficient (Wildman–Crippen LogP) is 4.37. The van der Waals surface area contributed by atoms with E-state index in [0.717, 1.165) is 5.75 Å². The number of anilines is 1. The molecule has 0 spiro atoms. The fourth-order valence-electron chi connectivity index (χ4n) is 3.05. The van der Waals surface area contributed by atoms with E-state index in [2.05, 4.69) is 46.8 Å². The quantitative estimate of drug-likeness (QED) is 0.346. The number of fused-ring (bicyclic) bond motifs is 1. The SMILES string of the molecule is Cc1ccc(SCCNC(=O)c2cccnc2SCC(=O)Nc2ccc3c(c2)OCO3)cc1. The van der Waals surface area contributed by atoms with Crippen molar-refractivity contribution in [3.05, 3.63) is 71.9 Å². The molecule has 2 N–H and O–H groups in total. The second kappa shape index (κ2) is 11.1. The van der Waals surface area contributed by atoms with E-state index in [0.29, 0.717) is 34.3 Å². The minimum absolute atomic E-state index is 0.120. The summed E-state index contributed by atoms with van der Waals surface area (Å²) in [6.45, 7) is 2.76. The Hall–Kier alpha value is -3.17. The van der Waals surface area contributed by atoms with Gasteiger partial charge in [0.2, 0.25) is 12.7 Å². The molecule has 1 aromatic heterocycles. The van der Waals surface area contributed by atoms with Gasteiger partial charge in [-0.3, -0.25) is 9.59 Å². The first kappa shape index (κ1) is 23.0. The van der Waals surface area contributed by atoms with Crippen molar-refractivity contribution >= 4 is 41.0 Å². The maximum atomic E-state index is 12.7. The number of nitrogens with zero attached hydrogens (tertiary/aromatic N) is 1. The Morgan fingerprint density at radius 1 is 1.03 bits per heavy atom. The summed E-state index contributed by atoms with van der Waals surface area (Å²) < 4.78 is 10.6. The molecule has 33 heavy (non-hydrogen) atoms. The number of nitrogens with one attached hydrogen (secondary N) is 2. The summed E-state index contributed by atoms with van der Waals surface area (Å²) in [5.41, 5.74) is 2.30. The summed E-state index contributed by atoms with van der Waals surface area (Å²) >= 11 is 2.91. The van der Waals surface area contributed by atoms with Gasteiger partial charge < -0.3 is 20.1 Å². The number of benzene rings is 2. The minimum Gasteiger partial charge on any atom is -0.454 e.